The van der Waals surface area contributed by atoms with Gasteiger partial charge in [0.1, 0.15) is 6.07 Å². The number of nitriles is 1. The molecular weight excluding hydrogens is 242 g/mol. The molecule has 5 heteroatoms. The van der Waals surface area contributed by atoms with E-state index in [4.69, 9.17) is 16.9 Å². The van der Waals surface area contributed by atoms with E-state index in [-0.39, 0.29) is 0 Å². The third-order valence-electron chi connectivity index (χ3n) is 2.04. The molecule has 16 heavy (non-hydrogen) atoms. The van der Waals surface area contributed by atoms with Gasteiger partial charge in [-0.3, -0.25) is 4.98 Å². The lowest BCUT2D eigenvalue weighted by Gasteiger charge is -2.06. The van der Waals surface area contributed by atoms with E-state index in [1.807, 2.05) is 0 Å². The Morgan fingerprint density at radius 2 is 2.38 bits per heavy atom. The highest BCUT2D eigenvalue weighted by molar-refractivity contribution is 7.09. The first-order valence-electron chi connectivity index (χ1n) is 4.60. The number of nitrogens with one attached hydrogen (secondary N) is 1. The molecule has 3 nitrogen and oxygen atoms in total. The van der Waals surface area contributed by atoms with E-state index >= 15 is 0 Å². The Morgan fingerprint density at radius 3 is 3.06 bits per heavy atom. The van der Waals surface area contributed by atoms with Crippen LogP contribution in [-0.2, 0) is 6.54 Å². The molecule has 0 spiro atoms. The zero-order valence-corrected chi connectivity index (χ0v) is 9.85. The molecule has 0 amide bonds. The monoisotopic (exact) mass is 249 g/mol. The van der Waals surface area contributed by atoms with Crippen molar-refractivity contribution in [1.29, 1.82) is 5.26 Å². The van der Waals surface area contributed by atoms with Crippen molar-refractivity contribution < 1.29 is 0 Å². The van der Waals surface area contributed by atoms with Crippen LogP contribution >= 0.6 is 22.9 Å². The molecule has 1 heterocycles. The van der Waals surface area contributed by atoms with Gasteiger partial charge in [0.2, 0.25) is 0 Å². The molecule has 1 aromatic carbocycles. The summed E-state index contributed by atoms with van der Waals surface area (Å²) in [6.45, 7) is 0.652. The SMILES string of the molecule is N#Cc1ccc(Cl)cc1NCc1cncs1. The molecule has 0 unspecified atom stereocenters. The van der Waals surface area contributed by atoms with Crippen LogP contribution in [0.25, 0.3) is 0 Å². The Morgan fingerprint density at radius 1 is 1.50 bits per heavy atom. The maximum Gasteiger partial charge on any atom is 0.101 e. The third-order valence-corrected chi connectivity index (χ3v) is 3.05. The average molecular weight is 250 g/mol. The standard InChI is InChI=1S/C11H8ClN3S/c12-9-2-1-8(4-13)11(3-9)15-6-10-5-14-7-16-10/h1-3,5,7,15H,6H2. The average Bonchev–Trinajstić information content (AvgIpc) is 2.79. The molecule has 0 bridgehead atoms. The number of halogens is 1. The minimum Gasteiger partial charge on any atom is -0.379 e. The number of nitrogens with zero attached hydrogens (tertiary/aromatic N) is 2. The molecule has 0 saturated carbocycles. The molecule has 80 valence electrons. The van der Waals surface area contributed by atoms with Crippen molar-refractivity contribution >= 4 is 28.6 Å². The first-order chi connectivity index (χ1) is 7.79. The van der Waals surface area contributed by atoms with Crippen LogP contribution in [0.15, 0.2) is 29.9 Å². The van der Waals surface area contributed by atoms with Gasteiger partial charge in [-0.25, -0.2) is 0 Å². The minimum absolute atomic E-state index is 0.592. The van der Waals surface area contributed by atoms with E-state index in [1.54, 1.807) is 41.2 Å². The lowest BCUT2D eigenvalue weighted by molar-refractivity contribution is 1.17. The highest BCUT2D eigenvalue weighted by Crippen LogP contribution is 2.21. The highest BCUT2D eigenvalue weighted by atomic mass is 35.5. The zero-order chi connectivity index (χ0) is 11.4. The van der Waals surface area contributed by atoms with Crippen LogP contribution in [0.5, 0.6) is 0 Å². The Hall–Kier alpha value is -1.57. The molecule has 1 aromatic heterocycles. The van der Waals surface area contributed by atoms with Crippen molar-refractivity contribution in [2.75, 3.05) is 5.32 Å². The third kappa shape index (κ3) is 2.51. The predicted molar refractivity (Wildman–Crippen MR) is 65.6 cm³/mol. The van der Waals surface area contributed by atoms with Crippen LogP contribution in [0.1, 0.15) is 10.4 Å². The second-order valence-electron chi connectivity index (χ2n) is 3.12. The molecule has 2 aromatic rings. The Labute approximate surface area is 102 Å². The van der Waals surface area contributed by atoms with Gasteiger partial charge in [-0.2, -0.15) is 5.26 Å². The van der Waals surface area contributed by atoms with E-state index in [1.165, 1.54) is 0 Å². The van der Waals surface area contributed by atoms with Crippen molar-refractivity contribution in [2.24, 2.45) is 0 Å². The van der Waals surface area contributed by atoms with Crippen LogP contribution in [0, 0.1) is 11.3 Å². The van der Waals surface area contributed by atoms with Crippen LogP contribution in [0.4, 0.5) is 5.69 Å². The van der Waals surface area contributed by atoms with Crippen LogP contribution in [0.2, 0.25) is 5.02 Å². The summed E-state index contributed by atoms with van der Waals surface area (Å²) >= 11 is 7.45. The lowest BCUT2D eigenvalue weighted by atomic mass is 10.2. The Kier molecular flexibility index (Phi) is 3.40. The number of aromatic nitrogens is 1. The molecule has 0 saturated heterocycles. The fourth-order valence-electron chi connectivity index (χ4n) is 1.27. The highest BCUT2D eigenvalue weighted by Gasteiger charge is 2.03. The fourth-order valence-corrected chi connectivity index (χ4v) is 1.98. The molecule has 1 N–H and O–H groups in total. The van der Waals surface area contributed by atoms with Gasteiger partial charge in [0.15, 0.2) is 0 Å². The molecule has 0 radical (unpaired) electrons. The lowest BCUT2D eigenvalue weighted by Crippen LogP contribution is -1.99. The second-order valence-corrected chi connectivity index (χ2v) is 4.53. The van der Waals surface area contributed by atoms with Crippen LogP contribution < -0.4 is 5.32 Å². The molecule has 0 aliphatic carbocycles. The minimum atomic E-state index is 0.592. The van der Waals surface area contributed by atoms with Crippen molar-refractivity contribution in [1.82, 2.24) is 4.98 Å². The van der Waals surface area contributed by atoms with Gasteiger partial charge in [-0.1, -0.05) is 11.6 Å². The summed E-state index contributed by atoms with van der Waals surface area (Å²) in [7, 11) is 0. The summed E-state index contributed by atoms with van der Waals surface area (Å²) in [5.74, 6) is 0. The first-order valence-corrected chi connectivity index (χ1v) is 5.86. The quantitative estimate of drug-likeness (QED) is 0.908. The number of hydrogen-bond donors (Lipinski definition) is 1. The molecule has 0 aliphatic heterocycles. The predicted octanol–water partition coefficient (Wildman–Crippen LogP) is 3.28. The van der Waals surface area contributed by atoms with Gasteiger partial charge in [0.05, 0.1) is 23.3 Å². The van der Waals surface area contributed by atoms with Gasteiger partial charge in [0, 0.05) is 16.1 Å². The first kappa shape index (κ1) is 10.9. The summed E-state index contributed by atoms with van der Waals surface area (Å²) in [4.78, 5) is 5.10. The van der Waals surface area contributed by atoms with E-state index in [2.05, 4.69) is 16.4 Å². The van der Waals surface area contributed by atoms with Gasteiger partial charge in [-0.05, 0) is 18.2 Å². The van der Waals surface area contributed by atoms with E-state index < -0.39 is 0 Å². The van der Waals surface area contributed by atoms with E-state index in [0.717, 1.165) is 10.6 Å². The number of hydrogen-bond acceptors (Lipinski definition) is 4. The van der Waals surface area contributed by atoms with Crippen molar-refractivity contribution in [3.05, 3.63) is 45.4 Å². The molecule has 0 atom stereocenters. The summed E-state index contributed by atoms with van der Waals surface area (Å²) in [5.41, 5.74) is 3.12. The molecule has 0 aliphatic rings. The summed E-state index contributed by atoms with van der Waals surface area (Å²) < 4.78 is 0. The van der Waals surface area contributed by atoms with Gasteiger partial charge >= 0.3 is 0 Å². The molecule has 2 rings (SSSR count). The molecule has 0 fully saturated rings. The summed E-state index contributed by atoms with van der Waals surface area (Å²) in [6, 6.07) is 7.28. The number of rotatable bonds is 3. The Balaban J connectivity index is 2.15. The van der Waals surface area contributed by atoms with Gasteiger partial charge in [0.25, 0.3) is 0 Å². The van der Waals surface area contributed by atoms with Crippen LogP contribution in [-0.4, -0.2) is 4.98 Å². The van der Waals surface area contributed by atoms with Gasteiger partial charge < -0.3 is 5.32 Å². The van der Waals surface area contributed by atoms with Crippen molar-refractivity contribution in [2.45, 2.75) is 6.54 Å². The fraction of sp³-hybridized carbons (Fsp3) is 0.0909. The molecular formula is C11H8ClN3S. The van der Waals surface area contributed by atoms with E-state index in [0.29, 0.717) is 17.1 Å². The largest absolute Gasteiger partial charge is 0.379 e. The number of anilines is 1. The summed E-state index contributed by atoms with van der Waals surface area (Å²) in [6.07, 6.45) is 1.80. The zero-order valence-electron chi connectivity index (χ0n) is 8.27. The van der Waals surface area contributed by atoms with Crippen LogP contribution in [0.3, 0.4) is 0 Å². The smallest absolute Gasteiger partial charge is 0.101 e. The number of benzene rings is 1. The Bertz CT molecular complexity index is 517. The maximum absolute atomic E-state index is 8.92. The topological polar surface area (TPSA) is 48.7 Å². The number of thiazole rings is 1. The van der Waals surface area contributed by atoms with Gasteiger partial charge in [-0.15, -0.1) is 11.3 Å². The second kappa shape index (κ2) is 4.97. The maximum atomic E-state index is 8.92. The normalized spacial score (nSPS) is 9.75. The van der Waals surface area contributed by atoms with Crippen molar-refractivity contribution in [3.8, 4) is 6.07 Å². The van der Waals surface area contributed by atoms with Crippen molar-refractivity contribution in [3.63, 3.8) is 0 Å². The van der Waals surface area contributed by atoms with E-state index in [9.17, 15) is 0 Å². The summed E-state index contributed by atoms with van der Waals surface area (Å²) in [5, 5.41) is 12.7.